The molecule has 2 heterocycles. The smallest absolute Gasteiger partial charge is 0.304 e. The van der Waals surface area contributed by atoms with Gasteiger partial charge in [-0.05, 0) is 72.4 Å². The maximum absolute atomic E-state index is 11.1. The van der Waals surface area contributed by atoms with E-state index < -0.39 is 5.97 Å². The average Bonchev–Trinajstić information content (AvgIpc) is 3.20. The number of hydrogen-bond acceptors (Lipinski definition) is 6. The molecule has 1 N–H and O–H groups in total. The van der Waals surface area contributed by atoms with Crippen LogP contribution in [-0.4, -0.2) is 42.4 Å². The first-order chi connectivity index (χ1) is 18.0. The Bertz CT molecular complexity index is 1270. The number of carbonyl (C=O) groups is 1. The number of hydrogen-bond donors (Lipinski definition) is 1. The second kappa shape index (κ2) is 11.4. The van der Waals surface area contributed by atoms with E-state index in [1.165, 1.54) is 5.56 Å². The lowest BCUT2D eigenvalue weighted by Gasteiger charge is -2.14. The molecule has 2 atom stereocenters. The Hall–Kier alpha value is -3.32. The molecule has 3 aromatic rings. The van der Waals surface area contributed by atoms with Crippen molar-refractivity contribution in [3.05, 3.63) is 71.3 Å². The summed E-state index contributed by atoms with van der Waals surface area (Å²) in [4.78, 5) is 11.1. The fourth-order valence-electron chi connectivity index (χ4n) is 4.93. The van der Waals surface area contributed by atoms with Gasteiger partial charge in [-0.25, -0.2) is 0 Å². The number of carboxylic acid groups (broad SMARTS) is 1. The summed E-state index contributed by atoms with van der Waals surface area (Å²) in [5, 5.41) is 9.11. The maximum atomic E-state index is 11.1. The van der Waals surface area contributed by atoms with Crippen LogP contribution < -0.4 is 18.9 Å². The highest BCUT2D eigenvalue weighted by Gasteiger charge is 2.27. The van der Waals surface area contributed by atoms with Gasteiger partial charge in [0.05, 0.1) is 25.7 Å². The van der Waals surface area contributed by atoms with E-state index >= 15 is 0 Å². The SMILES string of the molecule is CSCCCOc1ccc2c(c1)CC(C)Oc1ccc(COc3ccc4c(c3)OCC4CC(=O)O)cc1-2. The third-order valence-corrected chi connectivity index (χ3v) is 7.40. The molecule has 0 amide bonds. The Labute approximate surface area is 221 Å². The first-order valence-corrected chi connectivity index (χ1v) is 14.1. The monoisotopic (exact) mass is 520 g/mol. The van der Waals surface area contributed by atoms with Crippen LogP contribution >= 0.6 is 11.8 Å². The van der Waals surface area contributed by atoms with E-state index in [0.717, 1.165) is 59.0 Å². The summed E-state index contributed by atoms with van der Waals surface area (Å²) in [5.41, 5.74) is 5.40. The van der Waals surface area contributed by atoms with Gasteiger partial charge in [-0.3, -0.25) is 4.79 Å². The van der Waals surface area contributed by atoms with Gasteiger partial charge in [0, 0.05) is 29.5 Å². The van der Waals surface area contributed by atoms with Gasteiger partial charge in [0.1, 0.15) is 29.6 Å². The summed E-state index contributed by atoms with van der Waals surface area (Å²) in [7, 11) is 0. The molecule has 0 fully saturated rings. The Balaban J connectivity index is 1.31. The molecule has 6 nitrogen and oxygen atoms in total. The van der Waals surface area contributed by atoms with Gasteiger partial charge < -0.3 is 24.1 Å². The first kappa shape index (κ1) is 25.3. The molecule has 0 saturated heterocycles. The van der Waals surface area contributed by atoms with Crippen molar-refractivity contribution in [2.45, 2.75) is 44.8 Å². The summed E-state index contributed by atoms with van der Waals surface area (Å²) in [6.45, 7) is 3.60. The van der Waals surface area contributed by atoms with E-state index in [-0.39, 0.29) is 18.4 Å². The first-order valence-electron chi connectivity index (χ1n) is 12.7. The van der Waals surface area contributed by atoms with Crippen LogP contribution in [0.15, 0.2) is 54.6 Å². The van der Waals surface area contributed by atoms with E-state index in [9.17, 15) is 4.79 Å². The molecule has 3 aromatic carbocycles. The Morgan fingerprint density at radius 3 is 2.70 bits per heavy atom. The molecule has 0 aliphatic carbocycles. The van der Waals surface area contributed by atoms with Crippen LogP contribution in [0, 0.1) is 0 Å². The number of fused-ring (bicyclic) bond motifs is 4. The van der Waals surface area contributed by atoms with Crippen LogP contribution in [0.2, 0.25) is 0 Å². The summed E-state index contributed by atoms with van der Waals surface area (Å²) >= 11 is 1.83. The molecule has 194 valence electrons. The second-order valence-electron chi connectivity index (χ2n) is 9.57. The molecule has 37 heavy (non-hydrogen) atoms. The van der Waals surface area contributed by atoms with Crippen LogP contribution in [0.1, 0.15) is 42.4 Å². The normalized spacial score (nSPS) is 17.5. The number of rotatable bonds is 10. The molecular weight excluding hydrogens is 488 g/mol. The van der Waals surface area contributed by atoms with Crippen molar-refractivity contribution in [1.29, 1.82) is 0 Å². The minimum atomic E-state index is -0.820. The van der Waals surface area contributed by atoms with E-state index in [2.05, 4.69) is 31.4 Å². The molecule has 2 aliphatic heterocycles. The molecule has 7 heteroatoms. The minimum absolute atomic E-state index is 0.0604. The van der Waals surface area contributed by atoms with E-state index in [1.807, 2.05) is 48.2 Å². The lowest BCUT2D eigenvalue weighted by atomic mass is 9.95. The van der Waals surface area contributed by atoms with Gasteiger partial charge in [-0.1, -0.05) is 18.2 Å². The second-order valence-corrected chi connectivity index (χ2v) is 10.6. The summed E-state index contributed by atoms with van der Waals surface area (Å²) in [6, 6.07) is 18.2. The number of benzene rings is 3. The molecular formula is C30H32O6S. The van der Waals surface area contributed by atoms with E-state index in [1.54, 1.807) is 0 Å². The van der Waals surface area contributed by atoms with Crippen molar-refractivity contribution in [2.75, 3.05) is 25.2 Å². The van der Waals surface area contributed by atoms with Gasteiger partial charge in [-0.2, -0.15) is 11.8 Å². The fraction of sp³-hybridized carbons (Fsp3) is 0.367. The van der Waals surface area contributed by atoms with Crippen molar-refractivity contribution in [3.8, 4) is 34.1 Å². The lowest BCUT2D eigenvalue weighted by Crippen LogP contribution is -2.13. The maximum Gasteiger partial charge on any atom is 0.304 e. The van der Waals surface area contributed by atoms with Crippen LogP contribution in [0.3, 0.4) is 0 Å². The standard InChI is InChI=1S/C30H32O6S/c1-19-12-21-14-23(33-10-3-11-37-2)5-7-25(21)27-13-20(4-9-28(27)36-19)17-34-24-6-8-26-22(15-30(31)32)18-35-29(26)16-24/h4-9,13-14,16,19,22H,3,10-12,15,17-18H2,1-2H3,(H,31,32). The Kier molecular flexibility index (Phi) is 7.79. The van der Waals surface area contributed by atoms with Gasteiger partial charge in [0.2, 0.25) is 0 Å². The van der Waals surface area contributed by atoms with Crippen molar-refractivity contribution >= 4 is 17.7 Å². The molecule has 0 radical (unpaired) electrons. The van der Waals surface area contributed by atoms with Crippen LogP contribution in [0.25, 0.3) is 11.1 Å². The van der Waals surface area contributed by atoms with Gasteiger partial charge in [0.25, 0.3) is 0 Å². The predicted octanol–water partition coefficient (Wildman–Crippen LogP) is 6.34. The minimum Gasteiger partial charge on any atom is -0.494 e. The third-order valence-electron chi connectivity index (χ3n) is 6.70. The zero-order valence-electron chi connectivity index (χ0n) is 21.2. The quantitative estimate of drug-likeness (QED) is 0.313. The highest BCUT2D eigenvalue weighted by Crippen LogP contribution is 2.40. The number of thioether (sulfide) groups is 1. The summed E-state index contributed by atoms with van der Waals surface area (Å²) in [6.07, 6.45) is 4.08. The van der Waals surface area contributed by atoms with Crippen molar-refractivity contribution in [2.24, 2.45) is 0 Å². The fourth-order valence-corrected chi connectivity index (χ4v) is 5.33. The van der Waals surface area contributed by atoms with Crippen molar-refractivity contribution < 1.29 is 28.8 Å². The number of aliphatic carboxylic acids is 1. The molecule has 0 aromatic heterocycles. The molecule has 0 bridgehead atoms. The summed E-state index contributed by atoms with van der Waals surface area (Å²) in [5.74, 6) is 3.33. The molecule has 5 rings (SSSR count). The largest absolute Gasteiger partial charge is 0.494 e. The van der Waals surface area contributed by atoms with Crippen molar-refractivity contribution in [3.63, 3.8) is 0 Å². The number of ether oxygens (including phenoxy) is 4. The highest BCUT2D eigenvalue weighted by molar-refractivity contribution is 7.98. The van der Waals surface area contributed by atoms with Gasteiger partial charge in [0.15, 0.2) is 0 Å². The van der Waals surface area contributed by atoms with E-state index in [0.29, 0.717) is 24.7 Å². The number of carboxylic acids is 1. The highest BCUT2D eigenvalue weighted by atomic mass is 32.2. The third kappa shape index (κ3) is 5.99. The van der Waals surface area contributed by atoms with Crippen molar-refractivity contribution in [1.82, 2.24) is 0 Å². The van der Waals surface area contributed by atoms with Crippen LogP contribution in [0.5, 0.6) is 23.0 Å². The van der Waals surface area contributed by atoms with Crippen LogP contribution in [0.4, 0.5) is 0 Å². The molecule has 2 unspecified atom stereocenters. The Morgan fingerprint density at radius 1 is 1.03 bits per heavy atom. The average molecular weight is 521 g/mol. The van der Waals surface area contributed by atoms with Gasteiger partial charge in [-0.15, -0.1) is 0 Å². The predicted molar refractivity (Wildman–Crippen MR) is 145 cm³/mol. The molecule has 2 aliphatic rings. The van der Waals surface area contributed by atoms with Crippen LogP contribution in [-0.2, 0) is 17.8 Å². The zero-order valence-corrected chi connectivity index (χ0v) is 22.0. The molecule has 0 spiro atoms. The lowest BCUT2D eigenvalue weighted by molar-refractivity contribution is -0.137. The topological polar surface area (TPSA) is 74.2 Å². The van der Waals surface area contributed by atoms with Gasteiger partial charge >= 0.3 is 5.97 Å². The van der Waals surface area contributed by atoms with E-state index in [4.69, 9.17) is 24.1 Å². The molecule has 0 saturated carbocycles. The summed E-state index contributed by atoms with van der Waals surface area (Å²) < 4.78 is 24.1. The zero-order chi connectivity index (χ0) is 25.8. The Morgan fingerprint density at radius 2 is 1.86 bits per heavy atom.